The van der Waals surface area contributed by atoms with E-state index >= 15 is 0 Å². The molecule has 0 aromatic heterocycles. The van der Waals surface area contributed by atoms with Crippen LogP contribution in [-0.4, -0.2) is 0 Å². The summed E-state index contributed by atoms with van der Waals surface area (Å²) in [7, 11) is -2.64. The first-order valence-electron chi connectivity index (χ1n) is 0.998. The third-order valence-electron chi connectivity index (χ3n) is 0. The zero-order chi connectivity index (χ0) is 4.50. The van der Waals surface area contributed by atoms with Crippen molar-refractivity contribution in [2.75, 3.05) is 0 Å². The lowest BCUT2D eigenvalue weighted by molar-refractivity contribution is 1.47. The van der Waals surface area contributed by atoms with Gasteiger partial charge >= 0.3 is 0 Å². The van der Waals surface area contributed by atoms with Gasteiger partial charge in [0.25, 0.3) is 0 Å². The smallest absolute Gasteiger partial charge is 0.148 e. The van der Waals surface area contributed by atoms with Crippen molar-refractivity contribution in [1.82, 2.24) is 0 Å². The normalized spacial score (nSPS) is 11.8. The highest BCUT2D eigenvalue weighted by Gasteiger charge is 1.82. The first-order valence-corrected chi connectivity index (χ1v) is 2.99. The standard InChI is InChI=1S/H7N4P/c1-5(2,3)4/h(H7,1,2,3,4). The molecule has 0 bridgehead atoms. The number of nitrogens with one attached hydrogen (secondary N) is 1. The summed E-state index contributed by atoms with van der Waals surface area (Å²) >= 11 is 0. The molecule has 0 saturated heterocycles. The van der Waals surface area contributed by atoms with Crippen LogP contribution in [-0.2, 0) is 0 Å². The molecule has 4 nitrogen and oxygen atoms in total. The summed E-state index contributed by atoms with van der Waals surface area (Å²) < 4.78 is 0. The van der Waals surface area contributed by atoms with Crippen molar-refractivity contribution in [3.63, 3.8) is 0 Å². The number of nitrogens with two attached hydrogens (primary N) is 3. The Kier molecular flexibility index (Phi) is 1.09. The van der Waals surface area contributed by atoms with Crippen LogP contribution >= 0.6 is 7.51 Å². The van der Waals surface area contributed by atoms with Crippen molar-refractivity contribution < 1.29 is 0 Å². The molecule has 0 unspecified atom stereocenters. The van der Waals surface area contributed by atoms with Gasteiger partial charge in [0.15, 0.2) is 0 Å². The van der Waals surface area contributed by atoms with Crippen LogP contribution in [0.5, 0.6) is 0 Å². The van der Waals surface area contributed by atoms with Gasteiger partial charge in [0.05, 0.1) is 0 Å². The SMILES string of the molecule is N=P(N)(N)N. The Labute approximate surface area is 30.3 Å². The van der Waals surface area contributed by atoms with Gasteiger partial charge in [-0.1, -0.05) is 0 Å². The second-order valence-corrected chi connectivity index (χ2v) is 2.50. The Morgan fingerprint density at radius 2 is 1.20 bits per heavy atom. The van der Waals surface area contributed by atoms with Crippen LogP contribution in [0.1, 0.15) is 0 Å². The topological polar surface area (TPSA) is 102 Å². The van der Waals surface area contributed by atoms with Crippen molar-refractivity contribution in [1.29, 1.82) is 5.16 Å². The minimum atomic E-state index is -2.64. The second-order valence-electron chi connectivity index (χ2n) is 0.835. The maximum absolute atomic E-state index is 6.38. The van der Waals surface area contributed by atoms with Gasteiger partial charge in [-0.05, 0) is 0 Å². The van der Waals surface area contributed by atoms with Gasteiger partial charge < -0.3 is 0 Å². The van der Waals surface area contributed by atoms with E-state index in [1.54, 1.807) is 0 Å². The van der Waals surface area contributed by atoms with E-state index in [-0.39, 0.29) is 0 Å². The molecule has 0 aliphatic heterocycles. The number of rotatable bonds is 0. The lowest BCUT2D eigenvalue weighted by Gasteiger charge is -1.94. The first-order chi connectivity index (χ1) is 2.00. The van der Waals surface area contributed by atoms with Crippen molar-refractivity contribution >= 4 is 7.51 Å². The molecule has 0 aliphatic carbocycles. The Morgan fingerprint density at radius 3 is 1.20 bits per heavy atom. The van der Waals surface area contributed by atoms with Crippen LogP contribution in [0.4, 0.5) is 0 Å². The zero-order valence-corrected chi connectivity index (χ0v) is 3.57. The van der Waals surface area contributed by atoms with E-state index in [9.17, 15) is 0 Å². The summed E-state index contributed by atoms with van der Waals surface area (Å²) in [6, 6.07) is 0. The fraction of sp³-hybridized carbons (Fsp3) is 0. The predicted molar refractivity (Wildman–Crippen MR) is 22.2 cm³/mol. The summed E-state index contributed by atoms with van der Waals surface area (Å²) in [5, 5.41) is 6.38. The monoisotopic (exact) mass is 94.0 g/mol. The third kappa shape index (κ3) is 1510. The molecule has 0 fully saturated rings. The quantitative estimate of drug-likeness (QED) is 0.301. The highest BCUT2D eigenvalue weighted by atomic mass is 31.2. The molecule has 7 N–H and O–H groups in total. The lowest BCUT2D eigenvalue weighted by Crippen LogP contribution is -2.11. The zero-order valence-electron chi connectivity index (χ0n) is 2.68. The Balaban J connectivity index is 3.47. The van der Waals surface area contributed by atoms with E-state index < -0.39 is 7.51 Å². The van der Waals surface area contributed by atoms with E-state index in [1.807, 2.05) is 0 Å². The molecular formula is H7N4P. The van der Waals surface area contributed by atoms with Crippen LogP contribution in [0.15, 0.2) is 0 Å². The Bertz CT molecular complexity index is 49.8. The van der Waals surface area contributed by atoms with Gasteiger partial charge in [-0.15, -0.1) is 0 Å². The average molecular weight is 94.1 g/mol. The van der Waals surface area contributed by atoms with Gasteiger partial charge in [-0.25, -0.2) is 0 Å². The molecule has 0 saturated carbocycles. The molecule has 0 aromatic carbocycles. The van der Waals surface area contributed by atoms with Gasteiger partial charge in [-0.2, -0.15) is 0 Å². The molecule has 0 radical (unpaired) electrons. The predicted octanol–water partition coefficient (Wildman–Crippen LogP) is -0.613. The lowest BCUT2D eigenvalue weighted by atomic mass is 13.8. The Morgan fingerprint density at radius 1 is 1.20 bits per heavy atom. The summed E-state index contributed by atoms with van der Waals surface area (Å²) in [5.41, 5.74) is 14.1. The van der Waals surface area contributed by atoms with Crippen LogP contribution < -0.4 is 16.5 Å². The van der Waals surface area contributed by atoms with Gasteiger partial charge in [0, 0.05) is 0 Å². The molecule has 5 heavy (non-hydrogen) atoms. The second kappa shape index (κ2) is 1.06. The maximum atomic E-state index is 6.38. The molecule has 0 heterocycles. The minimum Gasteiger partial charge on any atom is -0.278 e. The molecule has 0 rings (SSSR count). The van der Waals surface area contributed by atoms with Crippen molar-refractivity contribution in [2.45, 2.75) is 0 Å². The first kappa shape index (κ1) is 5.11. The molecular weight excluding hydrogens is 87.0 g/mol. The fourth-order valence-electron chi connectivity index (χ4n) is 0. The van der Waals surface area contributed by atoms with Gasteiger partial charge in [0.1, 0.15) is 7.51 Å². The fourth-order valence-corrected chi connectivity index (χ4v) is 0. The summed E-state index contributed by atoms with van der Waals surface area (Å²) in [4.78, 5) is 0. The van der Waals surface area contributed by atoms with E-state index in [2.05, 4.69) is 16.5 Å². The molecule has 0 spiro atoms. The highest BCUT2D eigenvalue weighted by molar-refractivity contribution is 7.57. The van der Waals surface area contributed by atoms with Gasteiger partial charge in [-0.3, -0.25) is 21.7 Å². The molecule has 5 heteroatoms. The van der Waals surface area contributed by atoms with Crippen LogP contribution in [0.25, 0.3) is 0 Å². The minimum absolute atomic E-state index is 2.64. The van der Waals surface area contributed by atoms with Crippen molar-refractivity contribution in [3.8, 4) is 0 Å². The van der Waals surface area contributed by atoms with E-state index in [0.717, 1.165) is 0 Å². The van der Waals surface area contributed by atoms with Crippen molar-refractivity contribution in [3.05, 3.63) is 0 Å². The summed E-state index contributed by atoms with van der Waals surface area (Å²) in [6.45, 7) is 0. The molecule has 0 aliphatic rings. The average Bonchev–Trinajstić information content (AvgIpc) is 0.722. The summed E-state index contributed by atoms with van der Waals surface area (Å²) in [6.07, 6.45) is 0. The van der Waals surface area contributed by atoms with Crippen LogP contribution in [0.3, 0.4) is 0 Å². The third-order valence-corrected chi connectivity index (χ3v) is 0. The summed E-state index contributed by atoms with van der Waals surface area (Å²) in [5.74, 6) is 0. The maximum Gasteiger partial charge on any atom is 0.148 e. The van der Waals surface area contributed by atoms with Gasteiger partial charge in [0.2, 0.25) is 0 Å². The molecule has 0 atom stereocenters. The van der Waals surface area contributed by atoms with Crippen LogP contribution in [0.2, 0.25) is 0 Å². The molecule has 0 aromatic rings. The van der Waals surface area contributed by atoms with Crippen LogP contribution in [0, 0.1) is 5.16 Å². The molecule has 0 amide bonds. The van der Waals surface area contributed by atoms with E-state index in [1.165, 1.54) is 0 Å². The number of hydrogen-bond donors (Lipinski definition) is 4. The van der Waals surface area contributed by atoms with E-state index in [0.29, 0.717) is 0 Å². The van der Waals surface area contributed by atoms with Crippen molar-refractivity contribution in [2.24, 2.45) is 16.5 Å². The largest absolute Gasteiger partial charge is 0.278 e. The highest BCUT2D eigenvalue weighted by Crippen LogP contribution is 2.08. The number of hydrogen-bond acceptors (Lipinski definition) is 1. The van der Waals surface area contributed by atoms with E-state index in [4.69, 9.17) is 5.16 Å². The molecule has 32 valence electrons. The Hall–Kier alpha value is 0.110.